The molecule has 0 bridgehead atoms. The Balaban J connectivity index is 1.79. The van der Waals surface area contributed by atoms with E-state index in [2.05, 4.69) is 36.3 Å². The Morgan fingerprint density at radius 2 is 1.76 bits per heavy atom. The standard InChI is InChI=1S/C13H18N2S2/c1-3-10-5-6-11(16-10)7-14-8-12-9-15-13(4-2)17-12/h5-6,9,14H,3-4,7-8H2,1-2H3. The second-order valence-corrected chi connectivity index (χ2v) is 6.35. The molecule has 2 rings (SSSR count). The van der Waals surface area contributed by atoms with Crippen LogP contribution in [0.3, 0.4) is 0 Å². The van der Waals surface area contributed by atoms with Crippen LogP contribution in [0.15, 0.2) is 18.3 Å². The number of hydrogen-bond acceptors (Lipinski definition) is 4. The number of hydrogen-bond donors (Lipinski definition) is 1. The maximum Gasteiger partial charge on any atom is 0.0925 e. The lowest BCUT2D eigenvalue weighted by atomic mass is 10.3. The van der Waals surface area contributed by atoms with Crippen LogP contribution in [0.25, 0.3) is 0 Å². The van der Waals surface area contributed by atoms with Gasteiger partial charge in [-0.05, 0) is 25.0 Å². The second kappa shape index (κ2) is 6.28. The molecule has 92 valence electrons. The molecule has 0 saturated carbocycles. The van der Waals surface area contributed by atoms with Gasteiger partial charge in [0.1, 0.15) is 0 Å². The Kier molecular flexibility index (Phi) is 4.71. The number of thiophene rings is 1. The summed E-state index contributed by atoms with van der Waals surface area (Å²) in [6.07, 6.45) is 4.16. The summed E-state index contributed by atoms with van der Waals surface area (Å²) in [6, 6.07) is 4.45. The molecular weight excluding hydrogens is 248 g/mol. The molecule has 2 aromatic rings. The molecule has 0 aliphatic rings. The van der Waals surface area contributed by atoms with E-state index < -0.39 is 0 Å². The van der Waals surface area contributed by atoms with Crippen LogP contribution in [0, 0.1) is 0 Å². The molecule has 0 fully saturated rings. The van der Waals surface area contributed by atoms with Gasteiger partial charge < -0.3 is 5.32 Å². The van der Waals surface area contributed by atoms with Crippen molar-refractivity contribution in [3.8, 4) is 0 Å². The fraction of sp³-hybridized carbons (Fsp3) is 0.462. The van der Waals surface area contributed by atoms with Gasteiger partial charge in [-0.15, -0.1) is 22.7 Å². The fourth-order valence-corrected chi connectivity index (χ4v) is 3.37. The van der Waals surface area contributed by atoms with Crippen molar-refractivity contribution in [1.29, 1.82) is 0 Å². The third-order valence-electron chi connectivity index (χ3n) is 2.57. The minimum atomic E-state index is 0.928. The molecule has 4 heteroatoms. The number of aryl methyl sites for hydroxylation is 2. The van der Waals surface area contributed by atoms with Gasteiger partial charge >= 0.3 is 0 Å². The third kappa shape index (κ3) is 3.63. The first-order valence-corrected chi connectivity index (χ1v) is 7.67. The number of aromatic nitrogens is 1. The van der Waals surface area contributed by atoms with Gasteiger partial charge in [-0.25, -0.2) is 4.98 Å². The minimum Gasteiger partial charge on any atom is -0.307 e. The molecule has 0 unspecified atom stereocenters. The molecule has 0 aliphatic carbocycles. The Morgan fingerprint density at radius 1 is 1.00 bits per heavy atom. The fourth-order valence-electron chi connectivity index (χ4n) is 1.61. The van der Waals surface area contributed by atoms with Crippen LogP contribution in [0.5, 0.6) is 0 Å². The average molecular weight is 266 g/mol. The SMILES string of the molecule is CCc1ccc(CNCc2cnc(CC)s2)s1. The number of thiazole rings is 1. The number of nitrogens with one attached hydrogen (secondary N) is 1. The minimum absolute atomic E-state index is 0.928. The van der Waals surface area contributed by atoms with Gasteiger partial charge in [0, 0.05) is 33.9 Å². The molecule has 2 aromatic heterocycles. The normalized spacial score (nSPS) is 10.9. The molecule has 0 aliphatic heterocycles. The summed E-state index contributed by atoms with van der Waals surface area (Å²) in [4.78, 5) is 8.57. The van der Waals surface area contributed by atoms with E-state index in [9.17, 15) is 0 Å². The van der Waals surface area contributed by atoms with Crippen LogP contribution >= 0.6 is 22.7 Å². The van der Waals surface area contributed by atoms with Crippen molar-refractivity contribution in [3.63, 3.8) is 0 Å². The molecule has 0 spiro atoms. The summed E-state index contributed by atoms with van der Waals surface area (Å²) >= 11 is 3.71. The lowest BCUT2D eigenvalue weighted by Gasteiger charge is -1.99. The molecule has 2 nitrogen and oxygen atoms in total. The van der Waals surface area contributed by atoms with Gasteiger partial charge in [0.2, 0.25) is 0 Å². The second-order valence-electron chi connectivity index (χ2n) is 3.90. The van der Waals surface area contributed by atoms with Crippen molar-refractivity contribution < 1.29 is 0 Å². The van der Waals surface area contributed by atoms with Crippen LogP contribution < -0.4 is 5.32 Å². The van der Waals surface area contributed by atoms with E-state index in [-0.39, 0.29) is 0 Å². The summed E-state index contributed by atoms with van der Waals surface area (Å²) in [6.45, 7) is 6.24. The van der Waals surface area contributed by atoms with Crippen LogP contribution in [-0.2, 0) is 25.9 Å². The van der Waals surface area contributed by atoms with Crippen molar-refractivity contribution >= 4 is 22.7 Å². The molecule has 0 atom stereocenters. The molecule has 0 saturated heterocycles. The van der Waals surface area contributed by atoms with Gasteiger partial charge in [0.25, 0.3) is 0 Å². The summed E-state index contributed by atoms with van der Waals surface area (Å²) in [5.74, 6) is 0. The lowest BCUT2D eigenvalue weighted by Crippen LogP contribution is -2.10. The first-order chi connectivity index (χ1) is 8.31. The Hall–Kier alpha value is -0.710. The van der Waals surface area contributed by atoms with Gasteiger partial charge in [-0.1, -0.05) is 13.8 Å². The van der Waals surface area contributed by atoms with Crippen molar-refractivity contribution in [1.82, 2.24) is 10.3 Å². The summed E-state index contributed by atoms with van der Waals surface area (Å²) in [7, 11) is 0. The molecule has 1 N–H and O–H groups in total. The highest BCUT2D eigenvalue weighted by atomic mass is 32.1. The maximum atomic E-state index is 4.36. The van der Waals surface area contributed by atoms with Crippen molar-refractivity contribution in [2.75, 3.05) is 0 Å². The third-order valence-corrected chi connectivity index (χ3v) is 4.94. The Bertz CT molecular complexity index is 417. The maximum absolute atomic E-state index is 4.36. The zero-order valence-electron chi connectivity index (χ0n) is 10.3. The Labute approximate surface area is 111 Å². The van der Waals surface area contributed by atoms with Gasteiger partial charge in [0.15, 0.2) is 0 Å². The zero-order valence-corrected chi connectivity index (χ0v) is 12.0. The predicted molar refractivity (Wildman–Crippen MR) is 75.7 cm³/mol. The van der Waals surface area contributed by atoms with E-state index in [1.807, 2.05) is 28.9 Å². The first-order valence-electron chi connectivity index (χ1n) is 6.03. The number of nitrogens with zero attached hydrogens (tertiary/aromatic N) is 1. The topological polar surface area (TPSA) is 24.9 Å². The molecule has 2 heterocycles. The largest absolute Gasteiger partial charge is 0.307 e. The van der Waals surface area contributed by atoms with Crippen LogP contribution in [0.4, 0.5) is 0 Å². The van der Waals surface area contributed by atoms with E-state index in [0.29, 0.717) is 0 Å². The molecular formula is C13H18N2S2. The van der Waals surface area contributed by atoms with Crippen LogP contribution in [0.1, 0.15) is 33.5 Å². The smallest absolute Gasteiger partial charge is 0.0925 e. The van der Waals surface area contributed by atoms with Crippen LogP contribution in [0.2, 0.25) is 0 Å². The summed E-state index contributed by atoms with van der Waals surface area (Å²) in [5.41, 5.74) is 0. The molecule has 17 heavy (non-hydrogen) atoms. The lowest BCUT2D eigenvalue weighted by molar-refractivity contribution is 0.708. The quantitative estimate of drug-likeness (QED) is 0.864. The summed E-state index contributed by atoms with van der Waals surface area (Å²) < 4.78 is 0. The highest BCUT2D eigenvalue weighted by Gasteiger charge is 2.01. The molecule has 0 radical (unpaired) electrons. The van der Waals surface area contributed by atoms with Crippen molar-refractivity contribution in [2.45, 2.75) is 39.8 Å². The van der Waals surface area contributed by atoms with Crippen molar-refractivity contribution in [2.24, 2.45) is 0 Å². The molecule has 0 aromatic carbocycles. The van der Waals surface area contributed by atoms with E-state index in [0.717, 1.165) is 25.9 Å². The zero-order chi connectivity index (χ0) is 12.1. The Morgan fingerprint density at radius 3 is 2.41 bits per heavy atom. The first kappa shape index (κ1) is 12.7. The van der Waals surface area contributed by atoms with E-state index in [1.54, 1.807) is 0 Å². The highest BCUT2D eigenvalue weighted by Crippen LogP contribution is 2.17. The monoisotopic (exact) mass is 266 g/mol. The summed E-state index contributed by atoms with van der Waals surface area (Å²) in [5, 5.41) is 4.70. The average Bonchev–Trinajstić information content (AvgIpc) is 2.97. The van der Waals surface area contributed by atoms with Gasteiger partial charge in [-0.2, -0.15) is 0 Å². The van der Waals surface area contributed by atoms with E-state index in [4.69, 9.17) is 0 Å². The van der Waals surface area contributed by atoms with Crippen molar-refractivity contribution in [3.05, 3.63) is 38.0 Å². The number of rotatable bonds is 6. The predicted octanol–water partition coefficient (Wildman–Crippen LogP) is 3.62. The van der Waals surface area contributed by atoms with E-state index >= 15 is 0 Å². The van der Waals surface area contributed by atoms with Gasteiger partial charge in [-0.3, -0.25) is 0 Å². The van der Waals surface area contributed by atoms with Crippen LogP contribution in [-0.4, -0.2) is 4.98 Å². The molecule has 0 amide bonds. The highest BCUT2D eigenvalue weighted by molar-refractivity contribution is 7.12. The van der Waals surface area contributed by atoms with Gasteiger partial charge in [0.05, 0.1) is 5.01 Å². The van der Waals surface area contributed by atoms with E-state index in [1.165, 1.54) is 19.6 Å².